The van der Waals surface area contributed by atoms with Crippen LogP contribution in [0.25, 0.3) is 27.8 Å². The summed E-state index contributed by atoms with van der Waals surface area (Å²) in [6, 6.07) is 14.8. The molecule has 0 spiro atoms. The summed E-state index contributed by atoms with van der Waals surface area (Å²) in [7, 11) is -3.55. The Labute approximate surface area is 282 Å². The van der Waals surface area contributed by atoms with Crippen molar-refractivity contribution in [1.82, 2.24) is 29.8 Å². The van der Waals surface area contributed by atoms with Crippen molar-refractivity contribution in [3.8, 4) is 28.8 Å². The molecule has 0 aliphatic heterocycles. The molecule has 0 fully saturated rings. The minimum absolute atomic E-state index is 0.138. The van der Waals surface area contributed by atoms with E-state index in [1.54, 1.807) is 55.5 Å². The van der Waals surface area contributed by atoms with E-state index in [4.69, 9.17) is 10.7 Å². The number of pyridine rings is 1. The molecule has 3 aromatic heterocycles. The summed E-state index contributed by atoms with van der Waals surface area (Å²) < 4.78 is 27.2. The SMILES string of the molecule is C=N/C=C\C(C#Cc1cccc2nc(C(C)NC(=O)c3nc(-c4cncc(NS(C)(=O)=O)c4)cnc3N)n(-c3ccccc3)c(=O)c12)=C/C. The highest BCUT2D eigenvalue weighted by Crippen LogP contribution is 2.23. The van der Waals surface area contributed by atoms with Crippen LogP contribution in [0.5, 0.6) is 0 Å². The molecule has 0 aliphatic carbocycles. The van der Waals surface area contributed by atoms with Crippen LogP contribution in [0.1, 0.15) is 41.8 Å². The Kier molecular flexibility index (Phi) is 10.1. The fourth-order valence-electron chi connectivity index (χ4n) is 4.84. The number of allylic oxidation sites excluding steroid dienone is 3. The number of nitrogens with two attached hydrogens (primary N) is 1. The zero-order valence-corrected chi connectivity index (χ0v) is 27.6. The van der Waals surface area contributed by atoms with Crippen molar-refractivity contribution in [1.29, 1.82) is 0 Å². The minimum atomic E-state index is -3.55. The van der Waals surface area contributed by atoms with E-state index in [1.165, 1.54) is 35.4 Å². The van der Waals surface area contributed by atoms with E-state index in [1.807, 2.05) is 19.1 Å². The molecule has 1 atom stereocenters. The number of para-hydroxylation sites is 1. The lowest BCUT2D eigenvalue weighted by molar-refractivity contribution is 0.0933. The van der Waals surface area contributed by atoms with Gasteiger partial charge >= 0.3 is 0 Å². The second-order valence-electron chi connectivity index (χ2n) is 10.7. The van der Waals surface area contributed by atoms with Crippen LogP contribution in [0.3, 0.4) is 0 Å². The van der Waals surface area contributed by atoms with E-state index in [9.17, 15) is 18.0 Å². The maximum Gasteiger partial charge on any atom is 0.274 e. The van der Waals surface area contributed by atoms with E-state index in [0.29, 0.717) is 33.3 Å². The first kappa shape index (κ1) is 33.9. The summed E-state index contributed by atoms with van der Waals surface area (Å²) in [5.74, 6) is 5.59. The van der Waals surface area contributed by atoms with Crippen molar-refractivity contribution >= 4 is 45.1 Å². The normalized spacial score (nSPS) is 12.3. The molecular formula is C35H31N9O4S. The Hall–Kier alpha value is -6.46. The van der Waals surface area contributed by atoms with Crippen molar-refractivity contribution in [2.24, 2.45) is 4.99 Å². The third-order valence-corrected chi connectivity index (χ3v) is 7.64. The van der Waals surface area contributed by atoms with Crippen molar-refractivity contribution in [2.45, 2.75) is 19.9 Å². The fourth-order valence-corrected chi connectivity index (χ4v) is 5.37. The first-order valence-corrected chi connectivity index (χ1v) is 16.7. The number of nitrogen functional groups attached to an aromatic ring is 1. The molecule has 3 heterocycles. The summed E-state index contributed by atoms with van der Waals surface area (Å²) in [6.07, 6.45) is 10.2. The Balaban J connectivity index is 1.55. The molecule has 4 N–H and O–H groups in total. The van der Waals surface area contributed by atoms with E-state index < -0.39 is 22.0 Å². The number of nitrogens with one attached hydrogen (secondary N) is 2. The third kappa shape index (κ3) is 7.92. The summed E-state index contributed by atoms with van der Waals surface area (Å²) in [5, 5.41) is 3.16. The molecule has 246 valence electrons. The van der Waals surface area contributed by atoms with Gasteiger partial charge in [-0.2, -0.15) is 0 Å². The summed E-state index contributed by atoms with van der Waals surface area (Å²) >= 11 is 0. The van der Waals surface area contributed by atoms with Crippen LogP contribution in [-0.4, -0.2) is 51.8 Å². The van der Waals surface area contributed by atoms with Gasteiger partial charge < -0.3 is 11.1 Å². The average molecular weight is 674 g/mol. The third-order valence-electron chi connectivity index (χ3n) is 7.04. The monoisotopic (exact) mass is 673 g/mol. The largest absolute Gasteiger partial charge is 0.382 e. The van der Waals surface area contributed by atoms with Crippen LogP contribution >= 0.6 is 0 Å². The van der Waals surface area contributed by atoms with Crippen LogP contribution in [-0.2, 0) is 10.0 Å². The highest BCUT2D eigenvalue weighted by molar-refractivity contribution is 7.92. The molecule has 5 aromatic rings. The number of benzene rings is 2. The molecule has 2 aromatic carbocycles. The number of amides is 1. The Bertz CT molecular complexity index is 2380. The van der Waals surface area contributed by atoms with Gasteiger partial charge in [0.25, 0.3) is 11.5 Å². The molecule has 0 radical (unpaired) electrons. The van der Waals surface area contributed by atoms with E-state index in [0.717, 1.165) is 6.26 Å². The van der Waals surface area contributed by atoms with Crippen LogP contribution in [0.15, 0.2) is 107 Å². The number of aliphatic imine (C=N–C) groups is 1. The van der Waals surface area contributed by atoms with Gasteiger partial charge in [0.15, 0.2) is 11.5 Å². The molecule has 0 bridgehead atoms. The minimum Gasteiger partial charge on any atom is -0.382 e. The highest BCUT2D eigenvalue weighted by Gasteiger charge is 2.23. The number of rotatable bonds is 9. The number of hydrogen-bond donors (Lipinski definition) is 3. The molecule has 0 saturated heterocycles. The smallest absolute Gasteiger partial charge is 0.274 e. The second-order valence-corrected chi connectivity index (χ2v) is 12.4. The number of fused-ring (bicyclic) bond motifs is 1. The number of sulfonamides is 1. The number of anilines is 2. The number of carbonyl (C=O) groups excluding carboxylic acids is 1. The standard InChI is InChI=1S/C35H31N9O4S/c1-5-23(16-17-37-3)14-15-24-10-9-13-28-30(24)35(46)44(27-11-7-6-8-12-27)33(42-28)22(2)40-34(45)31-32(36)39-21-29(41-31)25-18-26(20-38-19-25)43-49(4,47)48/h5-13,16-22,43H,3H2,1-2,4H3,(H2,36,39)(H,40,45)/b17-16-,23-5-. The van der Waals surface area contributed by atoms with Crippen molar-refractivity contribution in [2.75, 3.05) is 16.7 Å². The van der Waals surface area contributed by atoms with Crippen LogP contribution in [0, 0.1) is 11.8 Å². The van der Waals surface area contributed by atoms with Gasteiger partial charge in [0.2, 0.25) is 10.0 Å². The van der Waals surface area contributed by atoms with Crippen LogP contribution in [0.4, 0.5) is 11.5 Å². The van der Waals surface area contributed by atoms with Gasteiger partial charge in [-0.3, -0.25) is 28.9 Å². The Morgan fingerprint density at radius 3 is 2.59 bits per heavy atom. The second kappa shape index (κ2) is 14.5. The molecule has 49 heavy (non-hydrogen) atoms. The van der Waals surface area contributed by atoms with Gasteiger partial charge in [-0.25, -0.2) is 23.4 Å². The highest BCUT2D eigenvalue weighted by atomic mass is 32.2. The molecule has 14 heteroatoms. The molecule has 5 rings (SSSR count). The predicted molar refractivity (Wildman–Crippen MR) is 191 cm³/mol. The van der Waals surface area contributed by atoms with Gasteiger partial charge in [-0.05, 0) is 57.0 Å². The summed E-state index contributed by atoms with van der Waals surface area (Å²) in [4.78, 5) is 49.1. The summed E-state index contributed by atoms with van der Waals surface area (Å²) in [6.45, 7) is 6.97. The summed E-state index contributed by atoms with van der Waals surface area (Å²) in [5.41, 5.74) is 8.44. The lowest BCUT2D eigenvalue weighted by Crippen LogP contribution is -2.34. The van der Waals surface area contributed by atoms with Gasteiger partial charge in [-0.15, -0.1) is 0 Å². The zero-order chi connectivity index (χ0) is 35.1. The molecule has 0 aliphatic rings. The van der Waals surface area contributed by atoms with Crippen LogP contribution < -0.4 is 21.3 Å². The van der Waals surface area contributed by atoms with Crippen molar-refractivity contribution < 1.29 is 13.2 Å². The van der Waals surface area contributed by atoms with Crippen molar-refractivity contribution in [3.05, 3.63) is 125 Å². The first-order valence-electron chi connectivity index (χ1n) is 14.8. The van der Waals surface area contributed by atoms with E-state index in [-0.39, 0.29) is 34.3 Å². The lowest BCUT2D eigenvalue weighted by atomic mass is 10.1. The number of nitrogens with zero attached hydrogens (tertiary/aromatic N) is 6. The quantitative estimate of drug-likeness (QED) is 0.117. The number of carbonyl (C=O) groups is 1. The van der Waals surface area contributed by atoms with Gasteiger partial charge in [0.05, 0.1) is 52.7 Å². The molecule has 0 saturated carbocycles. The van der Waals surface area contributed by atoms with E-state index in [2.05, 4.69) is 48.5 Å². The zero-order valence-electron chi connectivity index (χ0n) is 26.7. The van der Waals surface area contributed by atoms with Crippen molar-refractivity contribution in [3.63, 3.8) is 0 Å². The van der Waals surface area contributed by atoms with Gasteiger partial charge in [-0.1, -0.05) is 42.2 Å². The van der Waals surface area contributed by atoms with Gasteiger partial charge in [0, 0.05) is 29.1 Å². The topological polar surface area (TPSA) is 187 Å². The van der Waals surface area contributed by atoms with Gasteiger partial charge in [0.1, 0.15) is 5.82 Å². The molecule has 1 amide bonds. The lowest BCUT2D eigenvalue weighted by Gasteiger charge is -2.20. The predicted octanol–water partition coefficient (Wildman–Crippen LogP) is 4.19. The maximum atomic E-state index is 14.3. The molecule has 1 unspecified atom stereocenters. The maximum absolute atomic E-state index is 14.3. The number of aromatic nitrogens is 5. The van der Waals surface area contributed by atoms with E-state index >= 15 is 0 Å². The Morgan fingerprint density at radius 1 is 1.10 bits per heavy atom. The first-order chi connectivity index (χ1) is 23.5. The number of hydrogen-bond acceptors (Lipinski definition) is 10. The Morgan fingerprint density at radius 2 is 1.88 bits per heavy atom. The fraction of sp³-hybridized carbons (Fsp3) is 0.114. The molecule has 13 nitrogen and oxygen atoms in total. The average Bonchev–Trinajstić information content (AvgIpc) is 3.08. The van der Waals surface area contributed by atoms with Crippen LogP contribution in [0.2, 0.25) is 0 Å². The molecular weight excluding hydrogens is 643 g/mol.